The number of nitrogens with one attached hydrogen (secondary N) is 16. The Labute approximate surface area is 607 Å². The van der Waals surface area contributed by atoms with E-state index < -0.39 is 180 Å². The minimum absolute atomic E-state index is 0.00370. The molecule has 2 unspecified atom stereocenters. The molecular weight excluding hydrogens is 1370 g/mol. The molecule has 14 atom stereocenters. The van der Waals surface area contributed by atoms with Crippen LogP contribution in [0.4, 0.5) is 5.69 Å². The van der Waals surface area contributed by atoms with Crippen molar-refractivity contribution in [3.05, 3.63) is 65.9 Å². The van der Waals surface area contributed by atoms with Gasteiger partial charge in [-0.2, -0.15) is 0 Å². The van der Waals surface area contributed by atoms with Crippen LogP contribution < -0.4 is 85.5 Å². The quantitative estimate of drug-likeness (QED) is 0.0629. The highest BCUT2D eigenvalue weighted by Gasteiger charge is 2.40. The Morgan fingerprint density at radius 1 is 0.631 bits per heavy atom. The van der Waals surface area contributed by atoms with Crippen LogP contribution in [0.15, 0.2) is 54.7 Å². The smallest absolute Gasteiger partial charge is 0.303 e. The number of anilines is 1. The molecule has 2 fully saturated rings. The van der Waals surface area contributed by atoms with Crippen molar-refractivity contribution in [3.63, 3.8) is 0 Å². The first-order valence-corrected chi connectivity index (χ1v) is 37.4. The number of aliphatic hydroxyl groups is 1. The Bertz CT molecular complexity index is 3490. The van der Waals surface area contributed by atoms with E-state index >= 15 is 4.79 Å². The summed E-state index contributed by atoms with van der Waals surface area (Å²) in [6.07, 6.45) is -1.15. The fourth-order valence-corrected chi connectivity index (χ4v) is 14.5. The highest BCUT2D eigenvalue weighted by Crippen LogP contribution is 2.34. The fraction of sp³-hybridized carbons (Fsp3) is 0.609. The first-order valence-electron chi connectivity index (χ1n) is 34.9. The first kappa shape index (κ1) is 83.4. The number of carboxylic acids is 1. The summed E-state index contributed by atoms with van der Waals surface area (Å²) in [5.41, 5.74) is 7.83. The Morgan fingerprint density at radius 2 is 1.21 bits per heavy atom. The topological polar surface area (TPSA) is 485 Å². The number of aliphatic carboxylic acids is 1. The predicted molar refractivity (Wildman–Crippen MR) is 390 cm³/mol. The lowest BCUT2D eigenvalue weighted by Gasteiger charge is -2.30. The molecule has 3 aliphatic rings. The van der Waals surface area contributed by atoms with Gasteiger partial charge in [0, 0.05) is 84.4 Å². The average Bonchev–Trinajstić information content (AvgIpc) is 1.69. The first-order chi connectivity index (χ1) is 48.6. The van der Waals surface area contributed by atoms with Gasteiger partial charge in [-0.1, -0.05) is 99.5 Å². The van der Waals surface area contributed by atoms with E-state index in [2.05, 4.69) is 84.7 Å². The number of hydrogen-bond acceptors (Lipinski definition) is 20. The van der Waals surface area contributed by atoms with E-state index in [1.165, 1.54) is 13.8 Å². The third-order valence-electron chi connectivity index (χ3n) is 17.5. The molecule has 3 aromatic rings. The zero-order chi connectivity index (χ0) is 76.0. The zero-order valence-electron chi connectivity index (χ0n) is 60.3. The number of fused-ring (bicyclic) bond motifs is 2. The highest BCUT2D eigenvalue weighted by molar-refractivity contribution is 8.76. The molecule has 0 aliphatic carbocycles. The summed E-state index contributed by atoms with van der Waals surface area (Å²) in [7, 11) is 2.13. The molecule has 0 spiro atoms. The van der Waals surface area contributed by atoms with Crippen molar-refractivity contribution in [2.75, 3.05) is 43.1 Å². The molecule has 0 bridgehead atoms. The predicted octanol–water partition coefficient (Wildman–Crippen LogP) is -1.17. The molecule has 4 heterocycles. The molecule has 2 saturated heterocycles. The van der Waals surface area contributed by atoms with Gasteiger partial charge in [0.25, 0.3) is 0 Å². The Kier molecular flexibility index (Phi) is 31.9. The number of aromatic nitrogens is 1. The lowest BCUT2D eigenvalue weighted by atomic mass is 9.93. The minimum Gasteiger partial charge on any atom is -0.481 e. The second-order valence-electron chi connectivity index (χ2n) is 28.7. The van der Waals surface area contributed by atoms with Crippen LogP contribution in [0.3, 0.4) is 0 Å². The summed E-state index contributed by atoms with van der Waals surface area (Å²) < 4.78 is 0. The van der Waals surface area contributed by atoms with Crippen LogP contribution in [-0.2, 0) is 68.7 Å². The number of primary amides is 1. The van der Waals surface area contributed by atoms with Gasteiger partial charge in [0.1, 0.15) is 60.4 Å². The number of carbonyl (C=O) groups excluding carboxylic acids is 12. The lowest BCUT2D eigenvalue weighted by molar-refractivity contribution is -0.138. The van der Waals surface area contributed by atoms with Gasteiger partial charge in [0.15, 0.2) is 0 Å². The van der Waals surface area contributed by atoms with Gasteiger partial charge in [-0.15, -0.1) is 0 Å². The average molecular weight is 1480 g/mol. The number of aromatic amines is 1. The van der Waals surface area contributed by atoms with E-state index in [0.29, 0.717) is 36.2 Å². The molecule has 32 nitrogen and oxygen atoms in total. The summed E-state index contributed by atoms with van der Waals surface area (Å²) in [6, 6.07) is -1.17. The monoisotopic (exact) mass is 1480 g/mol. The maximum atomic E-state index is 15.0. The van der Waals surface area contributed by atoms with Crippen molar-refractivity contribution in [1.29, 1.82) is 0 Å². The number of carboxylic acid groups (broad SMARTS) is 1. The van der Waals surface area contributed by atoms with E-state index in [-0.39, 0.29) is 67.4 Å². The molecule has 6 rings (SSSR count). The number of amides is 12. The van der Waals surface area contributed by atoms with E-state index in [9.17, 15) is 67.7 Å². The molecule has 2 aromatic carbocycles. The molecule has 12 amide bonds. The van der Waals surface area contributed by atoms with Crippen LogP contribution in [0.2, 0.25) is 0 Å². The van der Waals surface area contributed by atoms with Gasteiger partial charge in [-0.3, -0.25) is 62.3 Å². The molecule has 568 valence electrons. The summed E-state index contributed by atoms with van der Waals surface area (Å²) in [4.78, 5) is 188. The van der Waals surface area contributed by atoms with Gasteiger partial charge >= 0.3 is 5.97 Å². The van der Waals surface area contributed by atoms with Crippen LogP contribution >= 0.6 is 21.6 Å². The number of para-hydroxylation sites is 2. The maximum Gasteiger partial charge on any atom is 0.303 e. The van der Waals surface area contributed by atoms with E-state index in [1.807, 2.05) is 45.0 Å². The van der Waals surface area contributed by atoms with Gasteiger partial charge in [0.05, 0.1) is 18.7 Å². The SMILES string of the molecule is CC(C)C[C@@H]1NC(=O)[C@H](CC2CNCN2)NC(=O)[C@H](CC2CNc3ccccc32)NC(=O)[C@H](C)NC(=O)[C@@H](NC(C)(C)C)CSSC[C@@H](C(=O)N[C@H](C(N)=O)[C@@H](C)O)NC(=O)[C@H](Cc2c[nH]c3ccccc23)NC(=O)[C@H](C(C)C)NC(=O)[C@H](CC(C)C)NC(=O)[C@H](CCC(=O)O)NC(=O)CNC1=O. The summed E-state index contributed by atoms with van der Waals surface area (Å²) in [5, 5.41) is 63.5. The minimum atomic E-state index is -1.63. The van der Waals surface area contributed by atoms with Gasteiger partial charge in [-0.25, -0.2) is 0 Å². The number of benzene rings is 2. The summed E-state index contributed by atoms with van der Waals surface area (Å²) in [5.74, 6) is -13.6. The van der Waals surface area contributed by atoms with Crippen molar-refractivity contribution in [2.24, 2.45) is 23.5 Å². The van der Waals surface area contributed by atoms with Crippen LogP contribution in [0.25, 0.3) is 10.9 Å². The molecule has 20 N–H and O–H groups in total. The van der Waals surface area contributed by atoms with Gasteiger partial charge in [-0.05, 0) is 108 Å². The van der Waals surface area contributed by atoms with Crippen molar-refractivity contribution in [1.82, 2.24) is 79.4 Å². The molecular formula is C69H105N17O15S2. The van der Waals surface area contributed by atoms with Crippen LogP contribution in [0.5, 0.6) is 0 Å². The van der Waals surface area contributed by atoms with Crippen molar-refractivity contribution < 1.29 is 72.5 Å². The van der Waals surface area contributed by atoms with E-state index in [4.69, 9.17) is 5.73 Å². The zero-order valence-corrected chi connectivity index (χ0v) is 61.9. The standard InChI is InChI=1S/C69H105N17O15S2/c1-34(2)22-47-60(93)74-30-54(88)77-46(20-21-55(89)90)61(94)80-48(23-35(3)4)65(98)84-56(36(5)6)68(101)82-50(25-40-28-73-45-19-15-13-17-43(40)45)63(96)83-52(66(99)85-57(38(8)87)58(70)91)31-102-103-32-53(86-69(9,10)11)67(100)76-37(7)59(92)78-49(24-39-27-72-44-18-14-12-16-42(39)44)62(95)81-51(64(97)79-47)26-41-29-71-33-75-41/h12-19,28,34-39,41,46-53,56-57,71-73,75,86-87H,20-27,29-33H2,1-11H3,(H2,70,91)(H,74,93)(H,76,100)(H,77,88)(H,78,92)(H,79,97)(H,80,94)(H,81,95)(H,82,101)(H,83,96)(H,84,98)(H,85,99)(H,89,90)/t37-,38+,39?,41?,46-,47-,48-,49-,50-,51-,52-,53-,56-,57-/m0/s1. The van der Waals surface area contributed by atoms with Crippen LogP contribution in [0, 0.1) is 17.8 Å². The van der Waals surface area contributed by atoms with Gasteiger partial charge < -0.3 is 101 Å². The lowest BCUT2D eigenvalue weighted by Crippen LogP contribution is -2.61. The Morgan fingerprint density at radius 3 is 1.83 bits per heavy atom. The van der Waals surface area contributed by atoms with Crippen molar-refractivity contribution >= 4 is 115 Å². The third kappa shape index (κ3) is 26.3. The van der Waals surface area contributed by atoms with Gasteiger partial charge in [0.2, 0.25) is 70.9 Å². The fourth-order valence-electron chi connectivity index (χ4n) is 12.1. The molecule has 3 aliphatic heterocycles. The van der Waals surface area contributed by atoms with Crippen molar-refractivity contribution in [3.8, 4) is 0 Å². The molecule has 103 heavy (non-hydrogen) atoms. The number of hydrogen-bond donors (Lipinski definition) is 19. The second kappa shape index (κ2) is 39.3. The number of carbonyl (C=O) groups is 13. The van der Waals surface area contributed by atoms with Crippen LogP contribution in [0.1, 0.15) is 132 Å². The molecule has 0 saturated carbocycles. The molecule has 0 radical (unpaired) electrons. The van der Waals surface area contributed by atoms with E-state index in [0.717, 1.165) is 32.8 Å². The third-order valence-corrected chi connectivity index (χ3v) is 19.9. The normalized spacial score (nSPS) is 26.2. The number of aliphatic hydroxyl groups excluding tert-OH is 1. The second-order valence-corrected chi connectivity index (χ2v) is 31.3. The molecule has 1 aromatic heterocycles. The van der Waals surface area contributed by atoms with Crippen LogP contribution in [-0.4, -0.2) is 214 Å². The number of rotatable bonds is 19. The number of nitrogens with two attached hydrogens (primary N) is 1. The molecule has 34 heteroatoms. The largest absolute Gasteiger partial charge is 0.481 e. The Balaban J connectivity index is 1.40. The maximum absolute atomic E-state index is 15.0. The van der Waals surface area contributed by atoms with Crippen molar-refractivity contribution in [2.45, 2.75) is 211 Å². The number of H-pyrrole nitrogens is 1. The van der Waals surface area contributed by atoms with E-state index in [1.54, 1.807) is 72.0 Å². The summed E-state index contributed by atoms with van der Waals surface area (Å²) >= 11 is 0. The summed E-state index contributed by atoms with van der Waals surface area (Å²) in [6.45, 7) is 18.8. The highest BCUT2D eigenvalue weighted by atomic mass is 33.1. The Hall–Kier alpha value is -8.57.